The molecule has 3 nitrogen and oxygen atoms in total. The van der Waals surface area contributed by atoms with Crippen molar-refractivity contribution in [3.8, 4) is 0 Å². The first-order valence-electron chi connectivity index (χ1n) is 4.82. The highest BCUT2D eigenvalue weighted by Crippen LogP contribution is 2.23. The molecular weight excluding hydrogens is 198 g/mol. The number of thiophene rings is 1. The molecule has 0 saturated carbocycles. The molecule has 0 aliphatic carbocycles. The van der Waals surface area contributed by atoms with E-state index in [0.717, 1.165) is 19.6 Å². The largest absolute Gasteiger partial charge is 0.350 e. The molecule has 1 N–H and O–H groups in total. The molecule has 1 aliphatic rings. The third-order valence-corrected chi connectivity index (χ3v) is 3.11. The van der Waals surface area contributed by atoms with E-state index in [9.17, 15) is 0 Å². The molecule has 2 rings (SSSR count). The molecule has 0 radical (unpaired) electrons. The molecule has 1 aromatic rings. The highest BCUT2D eigenvalue weighted by Gasteiger charge is 2.21. The summed E-state index contributed by atoms with van der Waals surface area (Å²) in [4.78, 5) is 0. The third-order valence-electron chi connectivity index (χ3n) is 2.41. The maximum atomic E-state index is 5.42. The van der Waals surface area contributed by atoms with E-state index >= 15 is 0 Å². The number of ether oxygens (including phenoxy) is 2. The molecule has 1 saturated heterocycles. The van der Waals surface area contributed by atoms with Gasteiger partial charge in [-0.05, 0) is 29.4 Å². The van der Waals surface area contributed by atoms with Gasteiger partial charge in [0.2, 0.25) is 0 Å². The molecule has 1 atom stereocenters. The van der Waals surface area contributed by atoms with Gasteiger partial charge < -0.3 is 14.8 Å². The van der Waals surface area contributed by atoms with Crippen LogP contribution in [-0.4, -0.2) is 26.6 Å². The second-order valence-corrected chi connectivity index (χ2v) is 4.08. The molecular formula is C10H15NO2S. The van der Waals surface area contributed by atoms with E-state index in [0.29, 0.717) is 6.04 Å². The molecule has 1 unspecified atom stereocenters. The fourth-order valence-corrected chi connectivity index (χ4v) is 2.34. The Morgan fingerprint density at radius 1 is 1.57 bits per heavy atom. The quantitative estimate of drug-likeness (QED) is 0.827. The maximum Gasteiger partial charge on any atom is 0.159 e. The lowest BCUT2D eigenvalue weighted by molar-refractivity contribution is -0.0525. The van der Waals surface area contributed by atoms with E-state index in [-0.39, 0.29) is 6.29 Å². The predicted octanol–water partition coefficient (Wildman–Crippen LogP) is 1.77. The standard InChI is InChI=1S/C10H15NO2S/c1-11-9(8-2-5-14-7-8)6-10-12-3-4-13-10/h2,5,7,9-11H,3-4,6H2,1H3. The summed E-state index contributed by atoms with van der Waals surface area (Å²) < 4.78 is 10.8. The molecule has 78 valence electrons. The Bertz CT molecular complexity index is 257. The highest BCUT2D eigenvalue weighted by molar-refractivity contribution is 7.07. The van der Waals surface area contributed by atoms with E-state index < -0.39 is 0 Å². The summed E-state index contributed by atoms with van der Waals surface area (Å²) in [6.45, 7) is 1.45. The zero-order valence-corrected chi connectivity index (χ0v) is 9.05. The van der Waals surface area contributed by atoms with Crippen molar-refractivity contribution in [1.82, 2.24) is 5.32 Å². The van der Waals surface area contributed by atoms with Gasteiger partial charge in [-0.2, -0.15) is 11.3 Å². The molecule has 4 heteroatoms. The van der Waals surface area contributed by atoms with Gasteiger partial charge in [0.15, 0.2) is 6.29 Å². The van der Waals surface area contributed by atoms with Crippen LogP contribution in [0.4, 0.5) is 0 Å². The van der Waals surface area contributed by atoms with Crippen molar-refractivity contribution < 1.29 is 9.47 Å². The predicted molar refractivity (Wildman–Crippen MR) is 56.4 cm³/mol. The van der Waals surface area contributed by atoms with E-state index in [1.54, 1.807) is 11.3 Å². The van der Waals surface area contributed by atoms with Crippen molar-refractivity contribution in [3.63, 3.8) is 0 Å². The Morgan fingerprint density at radius 3 is 2.93 bits per heavy atom. The highest BCUT2D eigenvalue weighted by atomic mass is 32.1. The van der Waals surface area contributed by atoms with Crippen LogP contribution in [-0.2, 0) is 9.47 Å². The Labute approximate surface area is 88.0 Å². The Kier molecular flexibility index (Phi) is 3.53. The molecule has 1 fully saturated rings. The minimum atomic E-state index is -0.0349. The van der Waals surface area contributed by atoms with Gasteiger partial charge in [-0.25, -0.2) is 0 Å². The fourth-order valence-electron chi connectivity index (χ4n) is 1.63. The van der Waals surface area contributed by atoms with Crippen molar-refractivity contribution in [1.29, 1.82) is 0 Å². The van der Waals surface area contributed by atoms with Crippen molar-refractivity contribution >= 4 is 11.3 Å². The lowest BCUT2D eigenvalue weighted by Gasteiger charge is -2.18. The van der Waals surface area contributed by atoms with Crippen LogP contribution in [0.1, 0.15) is 18.0 Å². The van der Waals surface area contributed by atoms with Crippen LogP contribution in [0.15, 0.2) is 16.8 Å². The van der Waals surface area contributed by atoms with Gasteiger partial charge in [-0.3, -0.25) is 0 Å². The van der Waals surface area contributed by atoms with Gasteiger partial charge in [-0.15, -0.1) is 0 Å². The summed E-state index contributed by atoms with van der Waals surface area (Å²) >= 11 is 1.72. The first-order chi connectivity index (χ1) is 6.90. The number of hydrogen-bond acceptors (Lipinski definition) is 4. The summed E-state index contributed by atoms with van der Waals surface area (Å²) in [7, 11) is 1.97. The minimum absolute atomic E-state index is 0.0349. The molecule has 0 bridgehead atoms. The summed E-state index contributed by atoms with van der Waals surface area (Å²) in [6, 6.07) is 2.48. The maximum absolute atomic E-state index is 5.42. The zero-order chi connectivity index (χ0) is 9.80. The third kappa shape index (κ3) is 2.33. The van der Waals surface area contributed by atoms with E-state index in [2.05, 4.69) is 22.1 Å². The number of rotatable bonds is 4. The first kappa shape index (κ1) is 10.1. The topological polar surface area (TPSA) is 30.5 Å². The number of hydrogen-bond donors (Lipinski definition) is 1. The van der Waals surface area contributed by atoms with Crippen LogP contribution in [0.3, 0.4) is 0 Å². The zero-order valence-electron chi connectivity index (χ0n) is 8.23. The minimum Gasteiger partial charge on any atom is -0.350 e. The molecule has 14 heavy (non-hydrogen) atoms. The Hall–Kier alpha value is -0.420. The number of nitrogens with one attached hydrogen (secondary N) is 1. The first-order valence-corrected chi connectivity index (χ1v) is 5.77. The summed E-state index contributed by atoms with van der Waals surface area (Å²) in [5.74, 6) is 0. The van der Waals surface area contributed by atoms with Crippen molar-refractivity contribution in [3.05, 3.63) is 22.4 Å². The Balaban J connectivity index is 1.93. The monoisotopic (exact) mass is 213 g/mol. The summed E-state index contributed by atoms with van der Waals surface area (Å²) in [6.07, 6.45) is 0.847. The van der Waals surface area contributed by atoms with Gasteiger partial charge in [0.25, 0.3) is 0 Å². The van der Waals surface area contributed by atoms with Crippen LogP contribution in [0.25, 0.3) is 0 Å². The van der Waals surface area contributed by atoms with E-state index in [1.165, 1.54) is 5.56 Å². The van der Waals surface area contributed by atoms with Crippen molar-refractivity contribution in [2.24, 2.45) is 0 Å². The van der Waals surface area contributed by atoms with Crippen LogP contribution in [0.5, 0.6) is 0 Å². The van der Waals surface area contributed by atoms with E-state index in [1.807, 2.05) is 7.05 Å². The van der Waals surface area contributed by atoms with Gasteiger partial charge in [0, 0.05) is 12.5 Å². The van der Waals surface area contributed by atoms with Crippen molar-refractivity contribution in [2.45, 2.75) is 18.8 Å². The van der Waals surface area contributed by atoms with E-state index in [4.69, 9.17) is 9.47 Å². The molecule has 0 amide bonds. The van der Waals surface area contributed by atoms with Crippen LogP contribution < -0.4 is 5.32 Å². The lowest BCUT2D eigenvalue weighted by atomic mass is 10.1. The molecule has 2 heterocycles. The van der Waals surface area contributed by atoms with Crippen LogP contribution in [0, 0.1) is 0 Å². The smallest absolute Gasteiger partial charge is 0.159 e. The summed E-state index contributed by atoms with van der Waals surface area (Å²) in [5.41, 5.74) is 1.32. The lowest BCUT2D eigenvalue weighted by Crippen LogP contribution is -2.22. The Morgan fingerprint density at radius 2 is 2.36 bits per heavy atom. The summed E-state index contributed by atoms with van der Waals surface area (Å²) in [5, 5.41) is 7.53. The molecule has 0 spiro atoms. The van der Waals surface area contributed by atoms with Gasteiger partial charge in [-0.1, -0.05) is 0 Å². The average molecular weight is 213 g/mol. The normalized spacial score (nSPS) is 20.1. The van der Waals surface area contributed by atoms with Crippen molar-refractivity contribution in [2.75, 3.05) is 20.3 Å². The van der Waals surface area contributed by atoms with Gasteiger partial charge >= 0.3 is 0 Å². The molecule has 1 aromatic heterocycles. The van der Waals surface area contributed by atoms with Gasteiger partial charge in [0.05, 0.1) is 13.2 Å². The van der Waals surface area contributed by atoms with Crippen LogP contribution >= 0.6 is 11.3 Å². The second kappa shape index (κ2) is 4.89. The molecule has 1 aliphatic heterocycles. The second-order valence-electron chi connectivity index (χ2n) is 3.30. The fraction of sp³-hybridized carbons (Fsp3) is 0.600. The average Bonchev–Trinajstić information content (AvgIpc) is 2.86. The van der Waals surface area contributed by atoms with Gasteiger partial charge in [0.1, 0.15) is 0 Å². The molecule has 0 aromatic carbocycles. The van der Waals surface area contributed by atoms with Crippen LogP contribution in [0.2, 0.25) is 0 Å². The SMILES string of the molecule is CNC(CC1OCCO1)c1ccsc1.